The van der Waals surface area contributed by atoms with Crippen LogP contribution in [0.3, 0.4) is 0 Å². The molecular weight excluding hydrogens is 270 g/mol. The van der Waals surface area contributed by atoms with E-state index in [0.29, 0.717) is 0 Å². The normalized spacial score (nSPS) is 10.7. The van der Waals surface area contributed by atoms with Crippen LogP contribution in [-0.4, -0.2) is 17.9 Å². The number of methoxy groups -OCH3 is 1. The van der Waals surface area contributed by atoms with Gasteiger partial charge in [0.05, 0.1) is 17.3 Å². The van der Waals surface area contributed by atoms with Gasteiger partial charge in [0, 0.05) is 11.1 Å². The molecule has 2 aromatic carbocycles. The summed E-state index contributed by atoms with van der Waals surface area (Å²) < 4.78 is 6.31. The summed E-state index contributed by atoms with van der Waals surface area (Å²) in [5.74, 6) is 0.908. The second-order valence-corrected chi connectivity index (χ2v) is 5.52. The Hall–Kier alpha value is -2.20. The third kappa shape index (κ3) is 2.30. The van der Waals surface area contributed by atoms with Gasteiger partial charge in [-0.25, -0.2) is 4.98 Å². The molecule has 0 N–H and O–H groups in total. The molecular formula is C16H13NO2S. The Labute approximate surface area is 120 Å². The monoisotopic (exact) mass is 283 g/mol. The smallest absolute Gasteiger partial charge is 0.159 e. The van der Waals surface area contributed by atoms with Gasteiger partial charge in [0.15, 0.2) is 5.78 Å². The second-order valence-electron chi connectivity index (χ2n) is 4.49. The van der Waals surface area contributed by atoms with Crippen molar-refractivity contribution >= 4 is 27.3 Å². The molecule has 1 aromatic heterocycles. The van der Waals surface area contributed by atoms with Crippen LogP contribution < -0.4 is 4.74 Å². The zero-order chi connectivity index (χ0) is 14.1. The van der Waals surface area contributed by atoms with Gasteiger partial charge in [0.1, 0.15) is 10.8 Å². The van der Waals surface area contributed by atoms with Crippen LogP contribution in [0.4, 0.5) is 0 Å². The van der Waals surface area contributed by atoms with E-state index in [1.165, 1.54) is 0 Å². The van der Waals surface area contributed by atoms with Crippen molar-refractivity contribution in [2.45, 2.75) is 6.92 Å². The molecule has 4 heteroatoms. The summed E-state index contributed by atoms with van der Waals surface area (Å²) in [5.41, 5.74) is 2.70. The van der Waals surface area contributed by atoms with E-state index in [1.807, 2.05) is 42.5 Å². The fraction of sp³-hybridized carbons (Fsp3) is 0.125. The van der Waals surface area contributed by atoms with Gasteiger partial charge in [-0.3, -0.25) is 4.79 Å². The molecule has 0 saturated heterocycles. The molecule has 3 rings (SSSR count). The standard InChI is InChI=1S/C16H13NO2S/c1-10(18)11-3-5-12(6-4-11)16-17-14-8-7-13(19-2)9-15(14)20-16/h3-9H,1-2H3. The van der Waals surface area contributed by atoms with Crippen LogP contribution in [0.2, 0.25) is 0 Å². The maximum atomic E-state index is 11.3. The number of carbonyl (C=O) groups excluding carboxylic acids is 1. The van der Waals surface area contributed by atoms with E-state index in [2.05, 4.69) is 4.98 Å². The Balaban J connectivity index is 2.03. The van der Waals surface area contributed by atoms with Crippen molar-refractivity contribution < 1.29 is 9.53 Å². The van der Waals surface area contributed by atoms with Crippen molar-refractivity contribution in [1.29, 1.82) is 0 Å². The van der Waals surface area contributed by atoms with E-state index in [1.54, 1.807) is 25.4 Å². The predicted molar refractivity (Wildman–Crippen MR) is 81.6 cm³/mol. The summed E-state index contributed by atoms with van der Waals surface area (Å²) in [7, 11) is 1.66. The first kappa shape index (κ1) is 12.8. The predicted octanol–water partition coefficient (Wildman–Crippen LogP) is 4.17. The van der Waals surface area contributed by atoms with E-state index in [9.17, 15) is 4.79 Å². The van der Waals surface area contributed by atoms with Gasteiger partial charge in [0.25, 0.3) is 0 Å². The number of hydrogen-bond acceptors (Lipinski definition) is 4. The van der Waals surface area contributed by atoms with Gasteiger partial charge in [-0.2, -0.15) is 0 Å². The summed E-state index contributed by atoms with van der Waals surface area (Å²) in [6.45, 7) is 1.57. The van der Waals surface area contributed by atoms with Crippen molar-refractivity contribution in [1.82, 2.24) is 4.98 Å². The summed E-state index contributed by atoms with van der Waals surface area (Å²) in [5, 5.41) is 0.948. The molecule has 3 aromatic rings. The number of hydrogen-bond donors (Lipinski definition) is 0. The molecule has 0 bridgehead atoms. The van der Waals surface area contributed by atoms with Gasteiger partial charge in [-0.1, -0.05) is 24.3 Å². The van der Waals surface area contributed by atoms with E-state index >= 15 is 0 Å². The molecule has 0 saturated carbocycles. The van der Waals surface area contributed by atoms with Crippen molar-refractivity contribution in [3.63, 3.8) is 0 Å². The van der Waals surface area contributed by atoms with Crippen LogP contribution in [0.25, 0.3) is 20.8 Å². The Morgan fingerprint density at radius 1 is 1.15 bits per heavy atom. The minimum Gasteiger partial charge on any atom is -0.497 e. The molecule has 0 aliphatic carbocycles. The number of Topliss-reactive ketones (excluding diaryl/α,β-unsaturated/α-hetero) is 1. The number of ketones is 1. The number of aromatic nitrogens is 1. The van der Waals surface area contributed by atoms with Crippen LogP contribution in [0.15, 0.2) is 42.5 Å². The number of rotatable bonds is 3. The van der Waals surface area contributed by atoms with E-state index in [4.69, 9.17) is 4.74 Å². The molecule has 0 aliphatic heterocycles. The molecule has 20 heavy (non-hydrogen) atoms. The zero-order valence-electron chi connectivity index (χ0n) is 11.2. The summed E-state index contributed by atoms with van der Waals surface area (Å²) in [4.78, 5) is 15.9. The van der Waals surface area contributed by atoms with Gasteiger partial charge < -0.3 is 4.74 Å². The highest BCUT2D eigenvalue weighted by Gasteiger charge is 2.08. The highest BCUT2D eigenvalue weighted by atomic mass is 32.1. The lowest BCUT2D eigenvalue weighted by molar-refractivity contribution is 0.101. The molecule has 0 atom stereocenters. The van der Waals surface area contributed by atoms with Crippen LogP contribution in [0, 0.1) is 0 Å². The maximum absolute atomic E-state index is 11.3. The van der Waals surface area contributed by atoms with Crippen molar-refractivity contribution in [3.8, 4) is 16.3 Å². The topological polar surface area (TPSA) is 39.2 Å². The minimum absolute atomic E-state index is 0.0746. The number of carbonyl (C=O) groups is 1. The summed E-state index contributed by atoms with van der Waals surface area (Å²) >= 11 is 1.62. The maximum Gasteiger partial charge on any atom is 0.159 e. The fourth-order valence-corrected chi connectivity index (χ4v) is 3.00. The van der Waals surface area contributed by atoms with Crippen LogP contribution in [0.5, 0.6) is 5.75 Å². The number of nitrogens with zero attached hydrogens (tertiary/aromatic N) is 1. The third-order valence-corrected chi connectivity index (χ3v) is 4.20. The summed E-state index contributed by atoms with van der Waals surface area (Å²) in [6, 6.07) is 13.4. The molecule has 3 nitrogen and oxygen atoms in total. The summed E-state index contributed by atoms with van der Waals surface area (Å²) in [6.07, 6.45) is 0. The lowest BCUT2D eigenvalue weighted by Crippen LogP contribution is -1.90. The van der Waals surface area contributed by atoms with Crippen molar-refractivity contribution in [2.24, 2.45) is 0 Å². The third-order valence-electron chi connectivity index (χ3n) is 3.13. The largest absolute Gasteiger partial charge is 0.497 e. The van der Waals surface area contributed by atoms with Gasteiger partial charge in [0.2, 0.25) is 0 Å². The van der Waals surface area contributed by atoms with Gasteiger partial charge in [-0.05, 0) is 25.1 Å². The molecule has 0 aliphatic rings. The van der Waals surface area contributed by atoms with Gasteiger partial charge >= 0.3 is 0 Å². The lowest BCUT2D eigenvalue weighted by atomic mass is 10.1. The lowest BCUT2D eigenvalue weighted by Gasteiger charge is -1.97. The Morgan fingerprint density at radius 3 is 2.55 bits per heavy atom. The molecule has 0 fully saturated rings. The molecule has 0 spiro atoms. The Morgan fingerprint density at radius 2 is 1.90 bits per heavy atom. The fourth-order valence-electron chi connectivity index (χ4n) is 2.00. The average Bonchev–Trinajstić information content (AvgIpc) is 2.90. The van der Waals surface area contributed by atoms with Gasteiger partial charge in [-0.15, -0.1) is 11.3 Å². The first-order chi connectivity index (χ1) is 9.67. The number of ether oxygens (including phenoxy) is 1. The SMILES string of the molecule is COc1ccc2nc(-c3ccc(C(C)=O)cc3)sc2c1. The van der Waals surface area contributed by atoms with Crippen molar-refractivity contribution in [3.05, 3.63) is 48.0 Å². The first-order valence-corrected chi connectivity index (χ1v) is 7.05. The average molecular weight is 283 g/mol. The highest BCUT2D eigenvalue weighted by molar-refractivity contribution is 7.21. The quantitative estimate of drug-likeness (QED) is 0.677. The highest BCUT2D eigenvalue weighted by Crippen LogP contribution is 2.32. The Bertz CT molecular complexity index is 775. The molecule has 1 heterocycles. The number of thiazole rings is 1. The minimum atomic E-state index is 0.0746. The number of fused-ring (bicyclic) bond motifs is 1. The number of benzene rings is 2. The molecule has 0 unspecified atom stereocenters. The van der Waals surface area contributed by atoms with Crippen LogP contribution in [-0.2, 0) is 0 Å². The van der Waals surface area contributed by atoms with E-state index < -0.39 is 0 Å². The zero-order valence-corrected chi connectivity index (χ0v) is 12.0. The van der Waals surface area contributed by atoms with E-state index in [0.717, 1.165) is 32.1 Å². The first-order valence-electron chi connectivity index (χ1n) is 6.23. The Kier molecular flexibility index (Phi) is 3.24. The van der Waals surface area contributed by atoms with Crippen LogP contribution >= 0.6 is 11.3 Å². The van der Waals surface area contributed by atoms with Crippen molar-refractivity contribution in [2.75, 3.05) is 7.11 Å². The molecule has 0 radical (unpaired) electrons. The molecule has 0 amide bonds. The molecule has 100 valence electrons. The second kappa shape index (κ2) is 5.06. The van der Waals surface area contributed by atoms with Crippen LogP contribution in [0.1, 0.15) is 17.3 Å². The van der Waals surface area contributed by atoms with E-state index in [-0.39, 0.29) is 5.78 Å².